The molecule has 2 amide bonds. The van der Waals surface area contributed by atoms with E-state index < -0.39 is 16.7 Å². The monoisotopic (exact) mass is 254 g/mol. The molecule has 0 aliphatic heterocycles. The molecule has 92 valence electrons. The third-order valence-corrected chi connectivity index (χ3v) is 3.14. The van der Waals surface area contributed by atoms with Crippen LogP contribution in [-0.2, 0) is 9.59 Å². The first-order chi connectivity index (χ1) is 7.90. The number of nitrogens with two attached hydrogens (primary N) is 1. The molecule has 0 aliphatic rings. The Kier molecular flexibility index (Phi) is 4.12. The number of halogens is 1. The van der Waals surface area contributed by atoms with Gasteiger partial charge >= 0.3 is 0 Å². The average molecular weight is 255 g/mol. The van der Waals surface area contributed by atoms with E-state index in [1.807, 2.05) is 13.0 Å². The quantitative estimate of drug-likeness (QED) is 0.635. The molecule has 0 heterocycles. The largest absolute Gasteiger partial charge is 0.368 e. The van der Waals surface area contributed by atoms with E-state index >= 15 is 0 Å². The van der Waals surface area contributed by atoms with Gasteiger partial charge in [-0.15, -0.1) is 0 Å². The summed E-state index contributed by atoms with van der Waals surface area (Å²) >= 11 is 5.91. The minimum absolute atomic E-state index is 0.140. The van der Waals surface area contributed by atoms with Crippen LogP contribution in [0.4, 0.5) is 5.69 Å². The van der Waals surface area contributed by atoms with Gasteiger partial charge in [0.25, 0.3) is 5.91 Å². The highest BCUT2D eigenvalue weighted by Crippen LogP contribution is 2.22. The minimum Gasteiger partial charge on any atom is -0.368 e. The van der Waals surface area contributed by atoms with E-state index in [1.165, 1.54) is 0 Å². The van der Waals surface area contributed by atoms with Gasteiger partial charge in [0.1, 0.15) is 0 Å². The first-order valence-corrected chi connectivity index (χ1v) is 5.65. The summed E-state index contributed by atoms with van der Waals surface area (Å²) in [6.45, 7) is 3.53. The third-order valence-electron chi connectivity index (χ3n) is 2.51. The molecular weight excluding hydrogens is 240 g/mol. The van der Waals surface area contributed by atoms with Crippen LogP contribution in [0.5, 0.6) is 0 Å². The normalized spacial score (nSPS) is 13.8. The molecule has 3 N–H and O–H groups in total. The fraction of sp³-hybridized carbons (Fsp3) is 0.333. The number of amides is 2. The van der Waals surface area contributed by atoms with Gasteiger partial charge in [-0.1, -0.05) is 30.7 Å². The van der Waals surface area contributed by atoms with Gasteiger partial charge in [-0.2, -0.15) is 0 Å². The molecule has 1 rings (SSSR count). The standard InChI is InChI=1S/C12H15ClN2O2/c1-3-12(13,10(14)16)11(17)15-9-6-4-5-8(2)7-9/h4-7H,3H2,1-2H3,(H2,14,16)(H,15,17). The van der Waals surface area contributed by atoms with Crippen LogP contribution in [0.3, 0.4) is 0 Å². The van der Waals surface area contributed by atoms with E-state index in [1.54, 1.807) is 25.1 Å². The molecule has 17 heavy (non-hydrogen) atoms. The van der Waals surface area contributed by atoms with Crippen LogP contribution >= 0.6 is 11.6 Å². The lowest BCUT2D eigenvalue weighted by molar-refractivity contribution is -0.128. The van der Waals surface area contributed by atoms with Crippen molar-refractivity contribution >= 4 is 29.1 Å². The van der Waals surface area contributed by atoms with Crippen molar-refractivity contribution in [2.45, 2.75) is 25.1 Å². The zero-order chi connectivity index (χ0) is 13.1. The highest BCUT2D eigenvalue weighted by Gasteiger charge is 2.40. The molecular formula is C12H15ClN2O2. The van der Waals surface area contributed by atoms with Gasteiger partial charge in [0, 0.05) is 5.69 Å². The molecule has 0 fully saturated rings. The summed E-state index contributed by atoms with van der Waals surface area (Å²) < 4.78 is 0. The van der Waals surface area contributed by atoms with Crippen molar-refractivity contribution in [2.24, 2.45) is 5.73 Å². The molecule has 1 atom stereocenters. The Morgan fingerprint density at radius 2 is 2.12 bits per heavy atom. The smallest absolute Gasteiger partial charge is 0.255 e. The van der Waals surface area contributed by atoms with Crippen LogP contribution in [0, 0.1) is 6.92 Å². The molecule has 0 bridgehead atoms. The van der Waals surface area contributed by atoms with Gasteiger partial charge < -0.3 is 11.1 Å². The molecule has 0 radical (unpaired) electrons. The molecule has 0 saturated carbocycles. The summed E-state index contributed by atoms with van der Waals surface area (Å²) in [4.78, 5) is 21.4. The number of hydrogen-bond donors (Lipinski definition) is 2. The Hall–Kier alpha value is -1.55. The van der Waals surface area contributed by atoms with E-state index in [0.717, 1.165) is 5.56 Å². The maximum Gasteiger partial charge on any atom is 0.255 e. The fourth-order valence-electron chi connectivity index (χ4n) is 1.40. The number of hydrogen-bond acceptors (Lipinski definition) is 2. The Morgan fingerprint density at radius 3 is 2.59 bits per heavy atom. The number of primary amides is 1. The SMILES string of the molecule is CCC(Cl)(C(N)=O)C(=O)Nc1cccc(C)c1. The lowest BCUT2D eigenvalue weighted by Crippen LogP contribution is -2.48. The number of rotatable bonds is 4. The maximum atomic E-state index is 11.9. The number of benzene rings is 1. The molecule has 0 saturated heterocycles. The lowest BCUT2D eigenvalue weighted by Gasteiger charge is -2.20. The maximum absolute atomic E-state index is 11.9. The summed E-state index contributed by atoms with van der Waals surface area (Å²) in [7, 11) is 0. The lowest BCUT2D eigenvalue weighted by atomic mass is 10.0. The van der Waals surface area contributed by atoms with Crippen molar-refractivity contribution in [3.63, 3.8) is 0 Å². The third kappa shape index (κ3) is 2.97. The minimum atomic E-state index is -1.69. The molecule has 1 aromatic carbocycles. The van der Waals surface area contributed by atoms with E-state index in [-0.39, 0.29) is 6.42 Å². The van der Waals surface area contributed by atoms with Crippen LogP contribution in [0.15, 0.2) is 24.3 Å². The summed E-state index contributed by atoms with van der Waals surface area (Å²) in [5, 5.41) is 2.58. The van der Waals surface area contributed by atoms with Crippen molar-refractivity contribution < 1.29 is 9.59 Å². The topological polar surface area (TPSA) is 72.2 Å². The number of alkyl halides is 1. The number of carbonyl (C=O) groups excluding carboxylic acids is 2. The van der Waals surface area contributed by atoms with Crippen LogP contribution in [0.2, 0.25) is 0 Å². The molecule has 0 aliphatic carbocycles. The Balaban J connectivity index is 2.89. The molecule has 1 aromatic rings. The van der Waals surface area contributed by atoms with Crippen molar-refractivity contribution in [3.05, 3.63) is 29.8 Å². The van der Waals surface area contributed by atoms with Crippen LogP contribution in [-0.4, -0.2) is 16.7 Å². The van der Waals surface area contributed by atoms with Gasteiger partial charge in [0.2, 0.25) is 10.8 Å². The molecule has 5 heteroatoms. The number of anilines is 1. The molecule has 1 unspecified atom stereocenters. The summed E-state index contributed by atoms with van der Waals surface area (Å²) in [5.41, 5.74) is 6.73. The number of nitrogens with one attached hydrogen (secondary N) is 1. The summed E-state index contributed by atoms with van der Waals surface area (Å²) in [6, 6.07) is 7.21. The molecule has 0 aromatic heterocycles. The van der Waals surface area contributed by atoms with E-state index in [2.05, 4.69) is 5.32 Å². The van der Waals surface area contributed by atoms with Crippen molar-refractivity contribution in [3.8, 4) is 0 Å². The number of carbonyl (C=O) groups is 2. The van der Waals surface area contributed by atoms with Crippen molar-refractivity contribution in [1.82, 2.24) is 0 Å². The second-order valence-electron chi connectivity index (χ2n) is 3.84. The first kappa shape index (κ1) is 13.5. The van der Waals surface area contributed by atoms with E-state index in [4.69, 9.17) is 17.3 Å². The van der Waals surface area contributed by atoms with Gasteiger partial charge in [0.05, 0.1) is 0 Å². The van der Waals surface area contributed by atoms with Gasteiger partial charge in [-0.3, -0.25) is 9.59 Å². The van der Waals surface area contributed by atoms with Gasteiger partial charge in [-0.25, -0.2) is 0 Å². The molecule has 4 nitrogen and oxygen atoms in total. The van der Waals surface area contributed by atoms with Crippen molar-refractivity contribution in [1.29, 1.82) is 0 Å². The molecule has 0 spiro atoms. The Labute approximate surface area is 105 Å². The highest BCUT2D eigenvalue weighted by molar-refractivity contribution is 6.47. The van der Waals surface area contributed by atoms with Crippen LogP contribution in [0.1, 0.15) is 18.9 Å². The summed E-state index contributed by atoms with van der Waals surface area (Å²) in [5.74, 6) is -1.44. The Bertz CT molecular complexity index is 448. The van der Waals surface area contributed by atoms with Gasteiger partial charge in [0.15, 0.2) is 0 Å². The Morgan fingerprint density at radius 1 is 1.47 bits per heavy atom. The average Bonchev–Trinajstić information content (AvgIpc) is 2.27. The first-order valence-electron chi connectivity index (χ1n) is 5.27. The fourth-order valence-corrected chi connectivity index (χ4v) is 1.45. The summed E-state index contributed by atoms with van der Waals surface area (Å²) in [6.07, 6.45) is 0.140. The van der Waals surface area contributed by atoms with E-state index in [9.17, 15) is 9.59 Å². The van der Waals surface area contributed by atoms with Crippen LogP contribution < -0.4 is 11.1 Å². The van der Waals surface area contributed by atoms with Crippen LogP contribution in [0.25, 0.3) is 0 Å². The van der Waals surface area contributed by atoms with Crippen molar-refractivity contribution in [2.75, 3.05) is 5.32 Å². The van der Waals surface area contributed by atoms with Gasteiger partial charge in [-0.05, 0) is 31.0 Å². The highest BCUT2D eigenvalue weighted by atomic mass is 35.5. The predicted molar refractivity (Wildman–Crippen MR) is 67.9 cm³/mol. The zero-order valence-electron chi connectivity index (χ0n) is 9.79. The number of aryl methyl sites for hydroxylation is 1. The predicted octanol–water partition coefficient (Wildman–Crippen LogP) is 1.81. The van der Waals surface area contributed by atoms with E-state index in [0.29, 0.717) is 5.69 Å². The second-order valence-corrected chi connectivity index (χ2v) is 4.49. The second kappa shape index (κ2) is 5.19. The zero-order valence-corrected chi connectivity index (χ0v) is 10.5.